The summed E-state index contributed by atoms with van der Waals surface area (Å²) in [5.74, 6) is -1.55. The largest absolute Gasteiger partial charge is 1.00 e. The maximum Gasteiger partial charge on any atom is 1.00 e. The third-order valence-corrected chi connectivity index (χ3v) is 11.3. The van der Waals surface area contributed by atoms with E-state index in [9.17, 15) is 22.6 Å². The molecule has 0 aromatic heterocycles. The van der Waals surface area contributed by atoms with Gasteiger partial charge < -0.3 is 14.0 Å². The van der Waals surface area contributed by atoms with E-state index < -0.39 is 27.0 Å². The zero-order valence-corrected chi connectivity index (χ0v) is 39.7. The van der Waals surface area contributed by atoms with Crippen LogP contribution in [0.1, 0.15) is 240 Å². The molecule has 1 rings (SSSR count). The van der Waals surface area contributed by atoms with Crippen LogP contribution < -0.4 is 29.6 Å². The summed E-state index contributed by atoms with van der Waals surface area (Å²) in [6.45, 7) is 4.87. The monoisotopic (exact) mass is 825 g/mol. The molecular weight excluding hydrogens is 744 g/mol. The normalized spacial score (nSPS) is 11.7. The van der Waals surface area contributed by atoms with Crippen molar-refractivity contribution in [2.45, 2.75) is 224 Å². The predicted octanol–water partition coefficient (Wildman–Crippen LogP) is 11.5. The van der Waals surface area contributed by atoms with Gasteiger partial charge in [-0.25, -0.2) is 18.0 Å². The van der Waals surface area contributed by atoms with Crippen molar-refractivity contribution in [2.24, 2.45) is 0 Å². The van der Waals surface area contributed by atoms with E-state index in [0.717, 1.165) is 63.5 Å². The van der Waals surface area contributed by atoms with Gasteiger partial charge in [0.15, 0.2) is 0 Å². The summed E-state index contributed by atoms with van der Waals surface area (Å²) < 4.78 is 45.8. The number of hydrogen-bond acceptors (Lipinski definition) is 7. The van der Waals surface area contributed by atoms with Crippen molar-refractivity contribution in [2.75, 3.05) is 13.2 Å². The van der Waals surface area contributed by atoms with Crippen LogP contribution in [0.25, 0.3) is 0 Å². The molecule has 0 saturated carbocycles. The van der Waals surface area contributed by atoms with Gasteiger partial charge in [-0.3, -0.25) is 0 Å². The van der Waals surface area contributed by atoms with E-state index in [-0.39, 0.29) is 53.9 Å². The zero-order valence-electron chi connectivity index (χ0n) is 36.8. The first kappa shape index (κ1) is 55.5. The number of hydrogen-bond donors (Lipinski definition) is 0. The van der Waals surface area contributed by atoms with Crippen LogP contribution in [-0.2, 0) is 19.6 Å². The molecule has 57 heavy (non-hydrogen) atoms. The fourth-order valence-corrected chi connectivity index (χ4v) is 7.41. The van der Waals surface area contributed by atoms with Crippen LogP contribution in [0.3, 0.4) is 0 Å². The van der Waals surface area contributed by atoms with Crippen molar-refractivity contribution in [3.8, 4) is 0 Å². The first-order valence-electron chi connectivity index (χ1n) is 23.0. The average Bonchev–Trinajstić information content (AvgIpc) is 3.18. The van der Waals surface area contributed by atoms with Crippen molar-refractivity contribution in [3.05, 3.63) is 53.6 Å². The molecule has 0 aliphatic rings. The topological polar surface area (TPSA) is 110 Å². The molecule has 0 unspecified atom stereocenters. The number of unbranched alkanes of at least 4 members (excludes halogenated alkanes) is 28. The molecule has 322 valence electrons. The van der Waals surface area contributed by atoms with Crippen molar-refractivity contribution >= 4 is 22.1 Å². The Morgan fingerprint density at radius 1 is 0.474 bits per heavy atom. The molecule has 0 radical (unpaired) electrons. The summed E-state index contributed by atoms with van der Waals surface area (Å²) in [6.07, 6.45) is 47.9. The molecule has 7 nitrogen and oxygen atoms in total. The van der Waals surface area contributed by atoms with Gasteiger partial charge in [-0.15, -0.1) is 0 Å². The Morgan fingerprint density at radius 2 is 0.772 bits per heavy atom. The fraction of sp³-hybridized carbons (Fsp3) is 0.750. The Morgan fingerprint density at radius 3 is 1.11 bits per heavy atom. The van der Waals surface area contributed by atoms with E-state index in [0.29, 0.717) is 12.8 Å². The Labute approximate surface area is 372 Å². The third kappa shape index (κ3) is 33.0. The summed E-state index contributed by atoms with van der Waals surface area (Å²) in [7, 11) is -4.82. The van der Waals surface area contributed by atoms with E-state index >= 15 is 0 Å². The molecule has 0 aliphatic carbocycles. The number of esters is 2. The second-order valence-electron chi connectivity index (χ2n) is 15.7. The SMILES string of the molecule is CCCCCCCCC/C=C/CCCCCCCCCOC(=O)c1ccc(S(=O)(=O)[O-])cc1C(=O)OCCCCCCCCC/C=C/CCCCCCCCC.[Na+]. The van der Waals surface area contributed by atoms with E-state index in [4.69, 9.17) is 9.47 Å². The molecule has 9 heteroatoms. The minimum Gasteiger partial charge on any atom is -0.744 e. The summed E-state index contributed by atoms with van der Waals surface area (Å²) in [6, 6.07) is 3.13. The van der Waals surface area contributed by atoms with E-state index in [2.05, 4.69) is 38.2 Å². The summed E-state index contributed by atoms with van der Waals surface area (Å²) >= 11 is 0. The van der Waals surface area contributed by atoms with Gasteiger partial charge in [-0.1, -0.05) is 179 Å². The molecule has 1 aromatic rings. The molecule has 0 bridgehead atoms. The number of rotatable bonds is 39. The number of benzene rings is 1. The number of ether oxygens (including phenoxy) is 2. The van der Waals surface area contributed by atoms with Gasteiger partial charge in [0.05, 0.1) is 29.2 Å². The Bertz CT molecular complexity index is 1280. The van der Waals surface area contributed by atoms with E-state index in [1.807, 2.05) is 0 Å². The van der Waals surface area contributed by atoms with Gasteiger partial charge in [0.2, 0.25) is 0 Å². The predicted molar refractivity (Wildman–Crippen MR) is 232 cm³/mol. The maximum absolute atomic E-state index is 12.9. The van der Waals surface area contributed by atoms with Crippen LogP contribution in [0, 0.1) is 0 Å². The molecule has 0 fully saturated rings. The quantitative estimate of drug-likeness (QED) is 0.0214. The van der Waals surface area contributed by atoms with Crippen LogP contribution in [0.2, 0.25) is 0 Å². The van der Waals surface area contributed by atoms with Gasteiger partial charge in [0.1, 0.15) is 10.1 Å². The molecule has 0 saturated heterocycles. The molecule has 0 spiro atoms. The maximum atomic E-state index is 12.9. The Balaban J connectivity index is 0.0000314. The zero-order chi connectivity index (χ0) is 40.8. The van der Waals surface area contributed by atoms with Gasteiger partial charge in [-0.05, 0) is 82.4 Å². The standard InChI is InChI=1S/C48H82O7S.Na/c1-3-5-7-9-11-13-15-17-19-21-23-25-27-29-31-33-35-37-41-54-47(49)45-40-39-44(56(51,52)53)43-46(45)48(50)55-42-38-36-34-32-30-28-26-24-22-20-18-16-14-12-10-8-6-4-2;/h19-22,39-40,43H,3-18,23-38,41-42H2,1-2H3,(H,51,52,53);/q;+1/p-1/b21-19+,22-20+;. The third-order valence-electron chi connectivity index (χ3n) is 10.5. The van der Waals surface area contributed by atoms with Crippen molar-refractivity contribution in [1.29, 1.82) is 0 Å². The molecule has 0 amide bonds. The van der Waals surface area contributed by atoms with Gasteiger partial charge in [0, 0.05) is 0 Å². The summed E-state index contributed by atoms with van der Waals surface area (Å²) in [4.78, 5) is 25.3. The summed E-state index contributed by atoms with van der Waals surface area (Å²) in [5.41, 5.74) is -0.345. The Hall–Kier alpha value is -1.45. The molecule has 0 aliphatic heterocycles. The fourth-order valence-electron chi connectivity index (χ4n) is 6.92. The van der Waals surface area contributed by atoms with Crippen molar-refractivity contribution in [3.63, 3.8) is 0 Å². The summed E-state index contributed by atoms with van der Waals surface area (Å²) in [5, 5.41) is 0. The van der Waals surface area contributed by atoms with Gasteiger partial charge >= 0.3 is 41.5 Å². The molecule has 0 atom stereocenters. The Kier molecular flexibility index (Phi) is 39.0. The van der Waals surface area contributed by atoms with Gasteiger partial charge in [-0.2, -0.15) is 0 Å². The van der Waals surface area contributed by atoms with Crippen LogP contribution >= 0.6 is 0 Å². The van der Waals surface area contributed by atoms with Crippen molar-refractivity contribution < 1.29 is 61.6 Å². The smallest absolute Gasteiger partial charge is 0.744 e. The van der Waals surface area contributed by atoms with E-state index in [1.165, 1.54) is 147 Å². The molecule has 0 N–H and O–H groups in total. The van der Waals surface area contributed by atoms with Crippen LogP contribution in [-0.4, -0.2) is 38.1 Å². The number of carbonyl (C=O) groups excluding carboxylic acids is 2. The first-order valence-corrected chi connectivity index (χ1v) is 24.5. The van der Waals surface area contributed by atoms with Gasteiger partial charge in [0.25, 0.3) is 0 Å². The van der Waals surface area contributed by atoms with Crippen molar-refractivity contribution in [1.82, 2.24) is 0 Å². The minimum absolute atomic E-state index is 0. The van der Waals surface area contributed by atoms with E-state index in [1.54, 1.807) is 0 Å². The molecule has 0 heterocycles. The minimum atomic E-state index is -4.82. The number of carbonyl (C=O) groups is 2. The van der Waals surface area contributed by atoms with Crippen LogP contribution in [0.15, 0.2) is 47.4 Å². The average molecular weight is 825 g/mol. The molecule has 1 aromatic carbocycles. The number of allylic oxidation sites excluding steroid dienone is 4. The first-order chi connectivity index (χ1) is 27.3. The second-order valence-corrected chi connectivity index (χ2v) is 17.1. The van der Waals surface area contributed by atoms with Crippen LogP contribution in [0.5, 0.6) is 0 Å². The van der Waals surface area contributed by atoms with Crippen LogP contribution in [0.4, 0.5) is 0 Å². The molecular formula is C48H81NaO7S. The second kappa shape index (κ2) is 40.0.